The summed E-state index contributed by atoms with van der Waals surface area (Å²) in [6.45, 7) is 10.4. The summed E-state index contributed by atoms with van der Waals surface area (Å²) in [5.41, 5.74) is 3.88. The maximum Gasteiger partial charge on any atom is 0.159 e. The Bertz CT molecular complexity index is 1040. The summed E-state index contributed by atoms with van der Waals surface area (Å²) < 4.78 is 7.45. The van der Waals surface area contributed by atoms with Gasteiger partial charge in [0.15, 0.2) is 5.82 Å². The number of methoxy groups -OCH3 is 1. The molecule has 7 heteroatoms. The summed E-state index contributed by atoms with van der Waals surface area (Å²) in [7, 11) is 1.66. The van der Waals surface area contributed by atoms with Crippen LogP contribution in [0.4, 0.5) is 0 Å². The van der Waals surface area contributed by atoms with E-state index in [1.165, 1.54) is 6.92 Å². The van der Waals surface area contributed by atoms with Crippen molar-refractivity contribution in [3.05, 3.63) is 70.3 Å². The smallest absolute Gasteiger partial charge is 0.159 e. The first-order valence-corrected chi connectivity index (χ1v) is 10.5. The van der Waals surface area contributed by atoms with E-state index in [4.69, 9.17) is 26.1 Å². The SMILES string of the molecule is CC(C)C.CC=O.COc1ccc2c(c1)C(c1ccc(Cl)cc1)=NCc1nnc(C)n1-2. The van der Waals surface area contributed by atoms with E-state index in [0.717, 1.165) is 52.1 Å². The fourth-order valence-electron chi connectivity index (χ4n) is 2.94. The van der Waals surface area contributed by atoms with Crippen LogP contribution in [0.3, 0.4) is 0 Å². The number of carbonyl (C=O) groups excluding carboxylic acids is 1. The molecule has 164 valence electrons. The zero-order chi connectivity index (χ0) is 23.0. The number of fused-ring (bicyclic) bond motifs is 3. The second-order valence-electron chi connectivity index (χ2n) is 7.52. The molecule has 4 rings (SSSR count). The normalized spacial score (nSPS) is 11.5. The van der Waals surface area contributed by atoms with Gasteiger partial charge >= 0.3 is 0 Å². The molecule has 0 bridgehead atoms. The number of nitrogens with zero attached hydrogens (tertiary/aromatic N) is 4. The average Bonchev–Trinajstić information content (AvgIpc) is 3.01. The van der Waals surface area contributed by atoms with Gasteiger partial charge in [0.25, 0.3) is 0 Å². The molecule has 0 spiro atoms. The third-order valence-corrected chi connectivity index (χ3v) is 4.34. The fourth-order valence-corrected chi connectivity index (χ4v) is 3.06. The van der Waals surface area contributed by atoms with Crippen molar-refractivity contribution in [3.63, 3.8) is 0 Å². The Hall–Kier alpha value is -2.99. The summed E-state index contributed by atoms with van der Waals surface area (Å²) in [4.78, 5) is 13.6. The first kappa shape index (κ1) is 24.3. The Morgan fingerprint density at radius 2 is 1.71 bits per heavy atom. The van der Waals surface area contributed by atoms with E-state index >= 15 is 0 Å². The topological polar surface area (TPSA) is 69.4 Å². The van der Waals surface area contributed by atoms with E-state index in [0.29, 0.717) is 11.6 Å². The Labute approximate surface area is 189 Å². The van der Waals surface area contributed by atoms with Crippen molar-refractivity contribution in [2.24, 2.45) is 10.9 Å². The number of ether oxygens (including phenoxy) is 1. The molecule has 0 fully saturated rings. The number of rotatable bonds is 2. The minimum Gasteiger partial charge on any atom is -0.497 e. The maximum absolute atomic E-state index is 8.81. The molecule has 1 aliphatic heterocycles. The Morgan fingerprint density at radius 1 is 1.10 bits per heavy atom. The number of hydrogen-bond acceptors (Lipinski definition) is 5. The van der Waals surface area contributed by atoms with Gasteiger partial charge in [0.1, 0.15) is 24.4 Å². The molecule has 0 unspecified atom stereocenters. The molecule has 31 heavy (non-hydrogen) atoms. The molecule has 6 nitrogen and oxygen atoms in total. The van der Waals surface area contributed by atoms with Crippen LogP contribution in [-0.2, 0) is 11.3 Å². The predicted octanol–water partition coefficient (Wildman–Crippen LogP) is 5.46. The van der Waals surface area contributed by atoms with Gasteiger partial charge in [0.2, 0.25) is 0 Å². The van der Waals surface area contributed by atoms with E-state index in [1.807, 2.05) is 54.0 Å². The highest BCUT2D eigenvalue weighted by atomic mass is 35.5. The zero-order valence-electron chi connectivity index (χ0n) is 18.9. The second-order valence-corrected chi connectivity index (χ2v) is 7.96. The Kier molecular flexibility index (Phi) is 8.94. The van der Waals surface area contributed by atoms with Gasteiger partial charge in [-0.05, 0) is 50.1 Å². The largest absolute Gasteiger partial charge is 0.497 e. The Morgan fingerprint density at radius 3 is 2.29 bits per heavy atom. The fraction of sp³-hybridized carbons (Fsp3) is 0.333. The zero-order valence-corrected chi connectivity index (χ0v) is 19.6. The number of aromatic nitrogens is 3. The van der Waals surface area contributed by atoms with Crippen LogP contribution in [0, 0.1) is 12.8 Å². The van der Waals surface area contributed by atoms with Gasteiger partial charge < -0.3 is 9.53 Å². The van der Waals surface area contributed by atoms with Crippen LogP contribution in [0.1, 0.15) is 50.5 Å². The predicted molar refractivity (Wildman–Crippen MR) is 126 cm³/mol. The number of aldehydes is 1. The van der Waals surface area contributed by atoms with Crippen LogP contribution < -0.4 is 4.74 Å². The minimum absolute atomic E-state index is 0.468. The van der Waals surface area contributed by atoms with Gasteiger partial charge in [-0.15, -0.1) is 10.2 Å². The molecule has 1 aliphatic rings. The monoisotopic (exact) mass is 440 g/mol. The highest BCUT2D eigenvalue weighted by Gasteiger charge is 2.22. The molecular formula is C24H29ClN4O2. The third-order valence-electron chi connectivity index (χ3n) is 4.09. The maximum atomic E-state index is 8.81. The molecule has 0 amide bonds. The van der Waals surface area contributed by atoms with Crippen LogP contribution in [-0.4, -0.2) is 33.9 Å². The lowest BCUT2D eigenvalue weighted by Crippen LogP contribution is -2.08. The van der Waals surface area contributed by atoms with Crippen molar-refractivity contribution in [1.82, 2.24) is 14.8 Å². The van der Waals surface area contributed by atoms with Crippen molar-refractivity contribution < 1.29 is 9.53 Å². The standard InChI is InChI=1S/C18H15ClN4O.C4H10.C2H4O/c1-11-21-22-17-10-20-18(12-3-5-13(19)6-4-12)15-9-14(24-2)7-8-16(15)23(11)17;1-4(2)3;1-2-3/h3-9H,10H2,1-2H3;4H,1-3H3;2H,1H3. The minimum atomic E-state index is 0.468. The third kappa shape index (κ3) is 6.25. The molecular weight excluding hydrogens is 412 g/mol. The Balaban J connectivity index is 0.000000431. The first-order valence-electron chi connectivity index (χ1n) is 10.1. The summed E-state index contributed by atoms with van der Waals surface area (Å²) in [5, 5.41) is 9.14. The lowest BCUT2D eigenvalue weighted by molar-refractivity contribution is -0.106. The average molecular weight is 441 g/mol. The number of carbonyl (C=O) groups is 1. The second kappa shape index (κ2) is 11.4. The van der Waals surface area contributed by atoms with Crippen molar-refractivity contribution in [3.8, 4) is 11.4 Å². The molecule has 3 aromatic rings. The molecule has 0 radical (unpaired) electrons. The number of aliphatic imine (C=N–C) groups is 1. The van der Waals surface area contributed by atoms with Gasteiger partial charge in [-0.3, -0.25) is 9.56 Å². The van der Waals surface area contributed by atoms with E-state index in [2.05, 4.69) is 31.0 Å². The molecule has 0 atom stereocenters. The summed E-state index contributed by atoms with van der Waals surface area (Å²) in [6.07, 6.45) is 0.750. The van der Waals surface area contributed by atoms with E-state index < -0.39 is 0 Å². The molecule has 1 aromatic heterocycles. The van der Waals surface area contributed by atoms with E-state index in [9.17, 15) is 0 Å². The van der Waals surface area contributed by atoms with Gasteiger partial charge in [-0.2, -0.15) is 0 Å². The van der Waals surface area contributed by atoms with E-state index in [-0.39, 0.29) is 0 Å². The van der Waals surface area contributed by atoms with Gasteiger partial charge in [0, 0.05) is 16.1 Å². The van der Waals surface area contributed by atoms with Gasteiger partial charge in [-0.25, -0.2) is 0 Å². The van der Waals surface area contributed by atoms with Crippen molar-refractivity contribution in [1.29, 1.82) is 0 Å². The van der Waals surface area contributed by atoms with Crippen LogP contribution in [0.5, 0.6) is 5.75 Å². The number of benzene rings is 2. The van der Waals surface area contributed by atoms with Crippen LogP contribution in [0.2, 0.25) is 5.02 Å². The van der Waals surface area contributed by atoms with Gasteiger partial charge in [-0.1, -0.05) is 44.5 Å². The van der Waals surface area contributed by atoms with Crippen molar-refractivity contribution in [2.45, 2.75) is 41.2 Å². The first-order chi connectivity index (χ1) is 14.8. The lowest BCUT2D eigenvalue weighted by Gasteiger charge is -2.14. The van der Waals surface area contributed by atoms with Crippen molar-refractivity contribution >= 4 is 23.6 Å². The van der Waals surface area contributed by atoms with Gasteiger partial charge in [0.05, 0.1) is 18.5 Å². The number of aryl methyl sites for hydroxylation is 1. The molecule has 0 N–H and O–H groups in total. The summed E-state index contributed by atoms with van der Waals surface area (Å²) >= 11 is 6.02. The molecule has 0 saturated heterocycles. The molecule has 2 heterocycles. The van der Waals surface area contributed by atoms with E-state index in [1.54, 1.807) is 7.11 Å². The highest BCUT2D eigenvalue weighted by Crippen LogP contribution is 2.29. The van der Waals surface area contributed by atoms with Crippen LogP contribution >= 0.6 is 11.6 Å². The lowest BCUT2D eigenvalue weighted by atomic mass is 10.00. The quantitative estimate of drug-likeness (QED) is 0.496. The number of halogens is 1. The molecule has 0 aliphatic carbocycles. The molecule has 2 aromatic carbocycles. The summed E-state index contributed by atoms with van der Waals surface area (Å²) in [6, 6.07) is 13.6. The van der Waals surface area contributed by atoms with Crippen LogP contribution in [0.15, 0.2) is 47.5 Å². The number of hydrogen-bond donors (Lipinski definition) is 0. The summed E-state index contributed by atoms with van der Waals surface area (Å²) in [5.74, 6) is 3.27. The highest BCUT2D eigenvalue weighted by molar-refractivity contribution is 6.30. The van der Waals surface area contributed by atoms with Crippen molar-refractivity contribution in [2.75, 3.05) is 7.11 Å². The van der Waals surface area contributed by atoms with Crippen LogP contribution in [0.25, 0.3) is 5.69 Å². The molecule has 0 saturated carbocycles.